The molecule has 0 saturated carbocycles. The van der Waals surface area contributed by atoms with Gasteiger partial charge in [-0.2, -0.15) is 0 Å². The van der Waals surface area contributed by atoms with Crippen LogP contribution in [0.3, 0.4) is 0 Å². The van der Waals surface area contributed by atoms with Crippen molar-refractivity contribution in [2.75, 3.05) is 0 Å². The standard InChI is InChI=1S/C8H8O2Si/c11-10-7-3-1-2-6-4-5-9-8(6)7/h1-5H,11H3. The topological polar surface area (TPSA) is 22.4 Å². The Morgan fingerprint density at radius 3 is 3.00 bits per heavy atom. The maximum absolute atomic E-state index is 5.24. The Hall–Kier alpha value is -1.22. The molecular formula is C8H8O2Si. The minimum Gasteiger partial charge on any atom is -0.551 e. The number of hydrogen-bond acceptors (Lipinski definition) is 2. The first kappa shape index (κ1) is 6.48. The molecule has 0 aliphatic carbocycles. The summed E-state index contributed by atoms with van der Waals surface area (Å²) in [5.74, 6) is 0.846. The van der Waals surface area contributed by atoms with Crippen molar-refractivity contribution in [1.29, 1.82) is 0 Å². The van der Waals surface area contributed by atoms with Crippen LogP contribution in [-0.4, -0.2) is 10.5 Å². The number of furan rings is 1. The third kappa shape index (κ3) is 0.934. The van der Waals surface area contributed by atoms with Gasteiger partial charge in [0, 0.05) is 5.39 Å². The normalized spacial score (nSPS) is 10.5. The Balaban J connectivity index is 2.79. The van der Waals surface area contributed by atoms with E-state index in [-0.39, 0.29) is 0 Å². The van der Waals surface area contributed by atoms with Gasteiger partial charge in [0.25, 0.3) is 0 Å². The SMILES string of the molecule is [SiH3]Oc1cccc2ccoc12. The molecule has 11 heavy (non-hydrogen) atoms. The summed E-state index contributed by atoms with van der Waals surface area (Å²) in [5.41, 5.74) is 0.850. The van der Waals surface area contributed by atoms with Crippen LogP contribution < -0.4 is 4.43 Å². The molecule has 1 heterocycles. The van der Waals surface area contributed by atoms with Gasteiger partial charge in [-0.15, -0.1) is 0 Å². The van der Waals surface area contributed by atoms with Crippen molar-refractivity contribution in [2.45, 2.75) is 0 Å². The molecule has 1 aromatic heterocycles. The van der Waals surface area contributed by atoms with Crippen molar-refractivity contribution in [1.82, 2.24) is 0 Å². The summed E-state index contributed by atoms with van der Waals surface area (Å²) >= 11 is 0. The fraction of sp³-hybridized carbons (Fsp3) is 0. The first-order chi connectivity index (χ1) is 5.42. The lowest BCUT2D eigenvalue weighted by Crippen LogP contribution is -1.83. The van der Waals surface area contributed by atoms with Crippen LogP contribution in [0.15, 0.2) is 34.9 Å². The van der Waals surface area contributed by atoms with Crippen LogP contribution in [0.25, 0.3) is 11.0 Å². The van der Waals surface area contributed by atoms with E-state index in [4.69, 9.17) is 8.84 Å². The Kier molecular flexibility index (Phi) is 1.43. The summed E-state index contributed by atoms with van der Waals surface area (Å²) in [6.07, 6.45) is 1.68. The molecule has 3 heteroatoms. The highest BCUT2D eigenvalue weighted by atomic mass is 28.2. The van der Waals surface area contributed by atoms with Crippen LogP contribution in [0, 0.1) is 0 Å². The number of fused-ring (bicyclic) bond motifs is 1. The summed E-state index contributed by atoms with van der Waals surface area (Å²) in [5, 5.41) is 1.10. The van der Waals surface area contributed by atoms with Crippen LogP contribution in [0.5, 0.6) is 5.75 Å². The number of benzene rings is 1. The molecule has 0 atom stereocenters. The minimum atomic E-state index is 0.698. The average molecular weight is 164 g/mol. The van der Waals surface area contributed by atoms with Gasteiger partial charge >= 0.3 is 0 Å². The first-order valence-corrected chi connectivity index (χ1v) is 4.23. The Morgan fingerprint density at radius 2 is 2.18 bits per heavy atom. The molecule has 0 bridgehead atoms. The number of hydrogen-bond donors (Lipinski definition) is 0. The smallest absolute Gasteiger partial charge is 0.204 e. The molecule has 0 N–H and O–H groups in total. The van der Waals surface area contributed by atoms with Crippen LogP contribution in [0.4, 0.5) is 0 Å². The molecule has 0 aliphatic rings. The van der Waals surface area contributed by atoms with E-state index in [2.05, 4.69) is 0 Å². The number of rotatable bonds is 1. The number of para-hydroxylation sites is 1. The monoisotopic (exact) mass is 164 g/mol. The highest BCUT2D eigenvalue weighted by Gasteiger charge is 2.00. The van der Waals surface area contributed by atoms with Crippen LogP contribution >= 0.6 is 0 Å². The van der Waals surface area contributed by atoms with E-state index in [0.29, 0.717) is 10.5 Å². The zero-order valence-electron chi connectivity index (χ0n) is 6.20. The van der Waals surface area contributed by atoms with Crippen molar-refractivity contribution in [3.05, 3.63) is 30.5 Å². The molecule has 2 nitrogen and oxygen atoms in total. The lowest BCUT2D eigenvalue weighted by molar-refractivity contribution is 0.567. The molecule has 0 fully saturated rings. The van der Waals surface area contributed by atoms with E-state index >= 15 is 0 Å². The average Bonchev–Trinajstić information content (AvgIpc) is 2.50. The summed E-state index contributed by atoms with van der Waals surface area (Å²) in [6, 6.07) is 7.81. The highest BCUT2D eigenvalue weighted by molar-refractivity contribution is 6.01. The first-order valence-electron chi connectivity index (χ1n) is 3.42. The quantitative estimate of drug-likeness (QED) is 0.589. The maximum atomic E-state index is 5.24. The highest BCUT2D eigenvalue weighted by Crippen LogP contribution is 2.25. The zero-order valence-corrected chi connectivity index (χ0v) is 8.20. The van der Waals surface area contributed by atoms with E-state index in [9.17, 15) is 0 Å². The lowest BCUT2D eigenvalue weighted by Gasteiger charge is -1.98. The molecule has 1 aromatic carbocycles. The molecule has 2 rings (SSSR count). The predicted molar refractivity (Wildman–Crippen MR) is 46.8 cm³/mol. The fourth-order valence-corrected chi connectivity index (χ4v) is 1.45. The summed E-state index contributed by atoms with van der Waals surface area (Å²) in [7, 11) is 0.698. The van der Waals surface area contributed by atoms with E-state index in [1.165, 1.54) is 0 Å². The van der Waals surface area contributed by atoms with Crippen molar-refractivity contribution in [2.24, 2.45) is 0 Å². The molecule has 0 aliphatic heterocycles. The largest absolute Gasteiger partial charge is 0.551 e. The Labute approximate surface area is 67.3 Å². The Bertz CT molecular complexity index is 367. The third-order valence-electron chi connectivity index (χ3n) is 1.66. The van der Waals surface area contributed by atoms with Gasteiger partial charge < -0.3 is 8.84 Å². The van der Waals surface area contributed by atoms with Crippen molar-refractivity contribution < 1.29 is 8.84 Å². The van der Waals surface area contributed by atoms with Gasteiger partial charge in [-0.05, 0) is 12.1 Å². The molecule has 56 valence electrons. The molecule has 0 saturated heterocycles. The van der Waals surface area contributed by atoms with E-state index < -0.39 is 0 Å². The summed E-state index contributed by atoms with van der Waals surface area (Å²) < 4.78 is 10.5. The second-order valence-electron chi connectivity index (χ2n) is 2.30. The van der Waals surface area contributed by atoms with E-state index in [1.54, 1.807) is 6.26 Å². The maximum Gasteiger partial charge on any atom is 0.204 e. The van der Waals surface area contributed by atoms with Gasteiger partial charge in [-0.25, -0.2) is 0 Å². The van der Waals surface area contributed by atoms with Gasteiger partial charge in [0.05, 0.1) is 6.26 Å². The van der Waals surface area contributed by atoms with Crippen LogP contribution in [0.2, 0.25) is 0 Å². The van der Waals surface area contributed by atoms with Crippen LogP contribution in [-0.2, 0) is 0 Å². The van der Waals surface area contributed by atoms with Crippen molar-refractivity contribution in [3.8, 4) is 5.75 Å². The fourth-order valence-electron chi connectivity index (χ4n) is 1.13. The molecule has 0 radical (unpaired) electrons. The van der Waals surface area contributed by atoms with E-state index in [0.717, 1.165) is 16.7 Å². The third-order valence-corrected chi connectivity index (χ3v) is 2.10. The van der Waals surface area contributed by atoms with Crippen molar-refractivity contribution in [3.63, 3.8) is 0 Å². The van der Waals surface area contributed by atoms with Gasteiger partial charge in [0.2, 0.25) is 10.5 Å². The minimum absolute atomic E-state index is 0.698. The summed E-state index contributed by atoms with van der Waals surface area (Å²) in [4.78, 5) is 0. The van der Waals surface area contributed by atoms with Crippen LogP contribution in [0.1, 0.15) is 0 Å². The molecule has 0 spiro atoms. The van der Waals surface area contributed by atoms with Gasteiger partial charge in [-0.1, -0.05) is 12.1 Å². The van der Waals surface area contributed by atoms with E-state index in [1.807, 2.05) is 24.3 Å². The second-order valence-corrected chi connectivity index (χ2v) is 2.71. The molecule has 2 aromatic rings. The van der Waals surface area contributed by atoms with Gasteiger partial charge in [0.15, 0.2) is 5.58 Å². The molecule has 0 unspecified atom stereocenters. The zero-order chi connectivity index (χ0) is 7.68. The van der Waals surface area contributed by atoms with Crippen molar-refractivity contribution >= 4 is 21.5 Å². The second kappa shape index (κ2) is 2.43. The lowest BCUT2D eigenvalue weighted by atomic mass is 10.2. The molecular weight excluding hydrogens is 156 g/mol. The van der Waals surface area contributed by atoms with Gasteiger partial charge in [0.1, 0.15) is 5.75 Å². The predicted octanol–water partition coefficient (Wildman–Crippen LogP) is 1.09. The molecule has 0 amide bonds. The Morgan fingerprint density at radius 1 is 1.27 bits per heavy atom. The van der Waals surface area contributed by atoms with Gasteiger partial charge in [-0.3, -0.25) is 0 Å². The summed E-state index contributed by atoms with van der Waals surface area (Å²) in [6.45, 7) is 0.